The molecule has 0 unspecified atom stereocenters. The van der Waals surface area contributed by atoms with Crippen molar-refractivity contribution in [1.29, 1.82) is 0 Å². The first-order chi connectivity index (χ1) is 8.63. The Bertz CT molecular complexity index is 352. The zero-order valence-electron chi connectivity index (χ0n) is 11.6. The molecular weight excluding hydrogens is 246 g/mol. The van der Waals surface area contributed by atoms with E-state index in [0.29, 0.717) is 5.92 Å². The van der Waals surface area contributed by atoms with E-state index in [1.165, 1.54) is 0 Å². The summed E-state index contributed by atoms with van der Waals surface area (Å²) >= 11 is 6.03. The molecule has 102 valence electrons. The van der Waals surface area contributed by atoms with E-state index in [1.54, 1.807) is 0 Å². The standard InChI is InChI=1S/C15H24ClNO/c1-4-8-17-11-13-10-14(16)5-6-15(13)18-9-7-12(2)3/h5-6,10,12,17H,4,7-9,11H2,1-3H3. The molecule has 1 N–H and O–H groups in total. The zero-order chi connectivity index (χ0) is 13.4. The lowest BCUT2D eigenvalue weighted by Gasteiger charge is -2.13. The number of nitrogens with one attached hydrogen (secondary N) is 1. The summed E-state index contributed by atoms with van der Waals surface area (Å²) in [7, 11) is 0. The maximum Gasteiger partial charge on any atom is 0.123 e. The van der Waals surface area contributed by atoms with Gasteiger partial charge in [0.15, 0.2) is 0 Å². The van der Waals surface area contributed by atoms with Gasteiger partial charge in [-0.2, -0.15) is 0 Å². The number of ether oxygens (including phenoxy) is 1. The van der Waals surface area contributed by atoms with Crippen molar-refractivity contribution in [3.05, 3.63) is 28.8 Å². The lowest BCUT2D eigenvalue weighted by atomic mass is 10.1. The fourth-order valence-corrected chi connectivity index (χ4v) is 1.83. The molecule has 0 bridgehead atoms. The fourth-order valence-electron chi connectivity index (χ4n) is 1.63. The van der Waals surface area contributed by atoms with Crippen molar-refractivity contribution in [3.63, 3.8) is 0 Å². The van der Waals surface area contributed by atoms with Crippen LogP contribution in [0.2, 0.25) is 5.02 Å². The molecule has 0 atom stereocenters. The molecule has 0 aliphatic carbocycles. The van der Waals surface area contributed by atoms with Crippen LogP contribution in [0.5, 0.6) is 5.75 Å². The first kappa shape index (κ1) is 15.3. The third kappa shape index (κ3) is 5.74. The fraction of sp³-hybridized carbons (Fsp3) is 0.600. The van der Waals surface area contributed by atoms with E-state index in [4.69, 9.17) is 16.3 Å². The summed E-state index contributed by atoms with van der Waals surface area (Å²) < 4.78 is 5.84. The molecule has 0 aliphatic rings. The summed E-state index contributed by atoms with van der Waals surface area (Å²) in [5, 5.41) is 4.14. The van der Waals surface area contributed by atoms with Gasteiger partial charge in [-0.1, -0.05) is 32.4 Å². The van der Waals surface area contributed by atoms with Crippen molar-refractivity contribution >= 4 is 11.6 Å². The van der Waals surface area contributed by atoms with E-state index >= 15 is 0 Å². The summed E-state index contributed by atoms with van der Waals surface area (Å²) in [6.07, 6.45) is 2.20. The molecule has 1 aromatic carbocycles. The Morgan fingerprint density at radius 2 is 2.11 bits per heavy atom. The van der Waals surface area contributed by atoms with Crippen LogP contribution < -0.4 is 10.1 Å². The monoisotopic (exact) mass is 269 g/mol. The summed E-state index contributed by atoms with van der Waals surface area (Å²) in [6, 6.07) is 5.83. The molecule has 0 aliphatic heterocycles. The summed E-state index contributed by atoms with van der Waals surface area (Å²) in [5.74, 6) is 1.61. The van der Waals surface area contributed by atoms with E-state index in [1.807, 2.05) is 18.2 Å². The normalized spacial score (nSPS) is 10.9. The van der Waals surface area contributed by atoms with E-state index in [-0.39, 0.29) is 0 Å². The van der Waals surface area contributed by atoms with Crippen LogP contribution in [0.25, 0.3) is 0 Å². The molecule has 0 saturated heterocycles. The van der Waals surface area contributed by atoms with Crippen LogP contribution in [0.15, 0.2) is 18.2 Å². The maximum atomic E-state index is 6.03. The maximum absolute atomic E-state index is 6.03. The van der Waals surface area contributed by atoms with Gasteiger partial charge < -0.3 is 10.1 Å². The molecule has 0 fully saturated rings. The van der Waals surface area contributed by atoms with Crippen molar-refractivity contribution in [2.24, 2.45) is 5.92 Å². The van der Waals surface area contributed by atoms with Crippen LogP contribution in [0, 0.1) is 5.92 Å². The average molecular weight is 270 g/mol. The Morgan fingerprint density at radius 3 is 2.78 bits per heavy atom. The van der Waals surface area contributed by atoms with Crippen LogP contribution in [0.4, 0.5) is 0 Å². The summed E-state index contributed by atoms with van der Waals surface area (Å²) in [6.45, 7) is 9.15. The largest absolute Gasteiger partial charge is 0.493 e. The van der Waals surface area contributed by atoms with Gasteiger partial charge in [-0.3, -0.25) is 0 Å². The van der Waals surface area contributed by atoms with Crippen molar-refractivity contribution in [3.8, 4) is 5.75 Å². The zero-order valence-corrected chi connectivity index (χ0v) is 12.4. The molecule has 0 spiro atoms. The Hall–Kier alpha value is -0.730. The molecule has 0 heterocycles. The third-order valence-electron chi connectivity index (χ3n) is 2.72. The minimum atomic E-state index is 0.666. The van der Waals surface area contributed by atoms with Crippen LogP contribution in [-0.2, 0) is 6.54 Å². The molecule has 0 amide bonds. The van der Waals surface area contributed by atoms with Crippen molar-refractivity contribution < 1.29 is 4.74 Å². The molecule has 18 heavy (non-hydrogen) atoms. The van der Waals surface area contributed by atoms with Gasteiger partial charge in [0.1, 0.15) is 5.75 Å². The van der Waals surface area contributed by atoms with E-state index < -0.39 is 0 Å². The van der Waals surface area contributed by atoms with Gasteiger partial charge in [0, 0.05) is 17.1 Å². The molecule has 0 radical (unpaired) electrons. The quantitative estimate of drug-likeness (QED) is 0.712. The highest BCUT2D eigenvalue weighted by atomic mass is 35.5. The second kappa shape index (κ2) is 8.39. The SMILES string of the molecule is CCCNCc1cc(Cl)ccc1OCCC(C)C. The smallest absolute Gasteiger partial charge is 0.123 e. The van der Waals surface area contributed by atoms with Gasteiger partial charge in [0.05, 0.1) is 6.61 Å². The average Bonchev–Trinajstić information content (AvgIpc) is 2.32. The predicted octanol–water partition coefficient (Wildman–Crippen LogP) is 4.26. The van der Waals surface area contributed by atoms with Crippen LogP contribution in [0.3, 0.4) is 0 Å². The van der Waals surface area contributed by atoms with Crippen LogP contribution in [0.1, 0.15) is 39.2 Å². The van der Waals surface area contributed by atoms with Crippen molar-refractivity contribution in [1.82, 2.24) is 5.32 Å². The second-order valence-electron chi connectivity index (χ2n) is 4.96. The molecule has 2 nitrogen and oxygen atoms in total. The van der Waals surface area contributed by atoms with Gasteiger partial charge in [-0.05, 0) is 43.5 Å². The van der Waals surface area contributed by atoms with E-state index in [2.05, 4.69) is 26.1 Å². The van der Waals surface area contributed by atoms with Crippen molar-refractivity contribution in [2.75, 3.05) is 13.2 Å². The van der Waals surface area contributed by atoms with Gasteiger partial charge in [-0.25, -0.2) is 0 Å². The first-order valence-electron chi connectivity index (χ1n) is 6.75. The van der Waals surface area contributed by atoms with Gasteiger partial charge in [-0.15, -0.1) is 0 Å². The topological polar surface area (TPSA) is 21.3 Å². The number of hydrogen-bond acceptors (Lipinski definition) is 2. The highest BCUT2D eigenvalue weighted by Crippen LogP contribution is 2.23. The molecular formula is C15H24ClNO. The number of benzene rings is 1. The third-order valence-corrected chi connectivity index (χ3v) is 2.95. The number of halogens is 1. The minimum Gasteiger partial charge on any atom is -0.493 e. The Balaban J connectivity index is 2.58. The molecule has 0 aromatic heterocycles. The number of rotatable bonds is 8. The molecule has 0 saturated carbocycles. The van der Waals surface area contributed by atoms with Crippen molar-refractivity contribution in [2.45, 2.75) is 40.2 Å². The lowest BCUT2D eigenvalue weighted by Crippen LogP contribution is -2.15. The Morgan fingerprint density at radius 1 is 1.33 bits per heavy atom. The second-order valence-corrected chi connectivity index (χ2v) is 5.40. The van der Waals surface area contributed by atoms with Gasteiger partial charge in [0.25, 0.3) is 0 Å². The molecule has 1 aromatic rings. The molecule has 1 rings (SSSR count). The van der Waals surface area contributed by atoms with Crippen LogP contribution in [-0.4, -0.2) is 13.2 Å². The highest BCUT2D eigenvalue weighted by Gasteiger charge is 2.05. The van der Waals surface area contributed by atoms with Gasteiger partial charge in [0.2, 0.25) is 0 Å². The summed E-state index contributed by atoms with van der Waals surface area (Å²) in [4.78, 5) is 0. The molecule has 3 heteroatoms. The van der Waals surface area contributed by atoms with Gasteiger partial charge >= 0.3 is 0 Å². The first-order valence-corrected chi connectivity index (χ1v) is 7.13. The lowest BCUT2D eigenvalue weighted by molar-refractivity contribution is 0.286. The Labute approximate surface area is 116 Å². The van der Waals surface area contributed by atoms with Crippen LogP contribution >= 0.6 is 11.6 Å². The Kier molecular flexibility index (Phi) is 7.14. The van der Waals surface area contributed by atoms with E-state index in [9.17, 15) is 0 Å². The minimum absolute atomic E-state index is 0.666. The highest BCUT2D eigenvalue weighted by molar-refractivity contribution is 6.30. The number of hydrogen-bond donors (Lipinski definition) is 1. The predicted molar refractivity (Wildman–Crippen MR) is 78.4 cm³/mol. The van der Waals surface area contributed by atoms with E-state index in [0.717, 1.165) is 48.9 Å². The summed E-state index contributed by atoms with van der Waals surface area (Å²) in [5.41, 5.74) is 1.14.